The Morgan fingerprint density at radius 3 is 2.68 bits per heavy atom. The van der Waals surface area contributed by atoms with Crippen molar-refractivity contribution in [2.24, 2.45) is 0 Å². The number of amides is 1. The summed E-state index contributed by atoms with van der Waals surface area (Å²) in [5.41, 5.74) is 1.63. The second-order valence-electron chi connectivity index (χ2n) is 4.87. The summed E-state index contributed by atoms with van der Waals surface area (Å²) in [6.07, 6.45) is -0.576. The number of rotatable bonds is 2. The highest BCUT2D eigenvalue weighted by atomic mass is 35.5. The summed E-state index contributed by atoms with van der Waals surface area (Å²) in [6, 6.07) is 6.63. The number of ether oxygens (including phenoxy) is 1. The molecule has 1 heterocycles. The van der Waals surface area contributed by atoms with Crippen LogP contribution in [0.4, 0.5) is 4.79 Å². The highest BCUT2D eigenvalue weighted by molar-refractivity contribution is 6.33. The first-order valence-corrected chi connectivity index (χ1v) is 6.73. The van der Waals surface area contributed by atoms with E-state index in [2.05, 4.69) is 4.98 Å². The summed E-state index contributed by atoms with van der Waals surface area (Å²) in [6.45, 7) is 1.67. The summed E-state index contributed by atoms with van der Waals surface area (Å²) in [7, 11) is 3.11. The van der Waals surface area contributed by atoms with Gasteiger partial charge in [-0.05, 0) is 19.1 Å². The lowest BCUT2D eigenvalue weighted by atomic mass is 10.1. The smallest absolute Gasteiger partial charge is 0.414 e. The van der Waals surface area contributed by atoms with Gasteiger partial charge in [0.1, 0.15) is 0 Å². The van der Waals surface area contributed by atoms with Crippen molar-refractivity contribution in [3.8, 4) is 28.8 Å². The van der Waals surface area contributed by atoms with Crippen molar-refractivity contribution in [2.45, 2.75) is 6.92 Å². The third kappa shape index (κ3) is 2.85. The number of aromatic nitrogens is 1. The van der Waals surface area contributed by atoms with Crippen molar-refractivity contribution in [1.29, 1.82) is 5.26 Å². The van der Waals surface area contributed by atoms with Gasteiger partial charge in [-0.3, -0.25) is 0 Å². The number of benzene rings is 1. The van der Waals surface area contributed by atoms with Crippen LogP contribution in [-0.4, -0.2) is 35.2 Å². The molecule has 0 radical (unpaired) electrons. The van der Waals surface area contributed by atoms with E-state index in [1.54, 1.807) is 33.2 Å². The molecule has 6 nitrogen and oxygen atoms in total. The van der Waals surface area contributed by atoms with E-state index in [9.17, 15) is 9.90 Å². The zero-order valence-corrected chi connectivity index (χ0v) is 13.0. The molecule has 1 aromatic heterocycles. The first-order chi connectivity index (χ1) is 10.3. The van der Waals surface area contributed by atoms with Crippen LogP contribution in [0.15, 0.2) is 18.2 Å². The third-order valence-corrected chi connectivity index (χ3v) is 3.35. The average molecular weight is 320 g/mol. The number of nitrogens with zero attached hydrogens (tertiary/aromatic N) is 2. The van der Waals surface area contributed by atoms with Gasteiger partial charge in [-0.25, -0.2) is 4.79 Å². The Kier molecular flexibility index (Phi) is 4.29. The normalized spacial score (nSPS) is 10.1. The number of H-pyrrole nitrogens is 1. The lowest BCUT2D eigenvalue weighted by Gasteiger charge is -2.12. The molecule has 0 atom stereocenters. The molecule has 114 valence electrons. The van der Waals surface area contributed by atoms with Crippen molar-refractivity contribution < 1.29 is 14.6 Å². The van der Waals surface area contributed by atoms with Crippen LogP contribution in [0.1, 0.15) is 11.3 Å². The van der Waals surface area contributed by atoms with Crippen LogP contribution in [0.25, 0.3) is 11.1 Å². The molecule has 0 saturated carbocycles. The summed E-state index contributed by atoms with van der Waals surface area (Å²) in [4.78, 5) is 15.8. The van der Waals surface area contributed by atoms with Gasteiger partial charge in [0.2, 0.25) is 5.88 Å². The summed E-state index contributed by atoms with van der Waals surface area (Å²) in [5, 5.41) is 19.2. The second kappa shape index (κ2) is 6.00. The van der Waals surface area contributed by atoms with E-state index < -0.39 is 6.09 Å². The maximum absolute atomic E-state index is 11.8. The lowest BCUT2D eigenvalue weighted by molar-refractivity contribution is 0.172. The van der Waals surface area contributed by atoms with Crippen molar-refractivity contribution in [3.05, 3.63) is 34.5 Å². The predicted molar refractivity (Wildman–Crippen MR) is 82.1 cm³/mol. The van der Waals surface area contributed by atoms with E-state index >= 15 is 0 Å². The summed E-state index contributed by atoms with van der Waals surface area (Å²) < 4.78 is 5.30. The SMILES string of the molecule is Cc1[nH]c(O)c(-c2ccc(C#N)cc2Cl)c1OC(=O)N(C)C. The monoisotopic (exact) mass is 319 g/mol. The third-order valence-electron chi connectivity index (χ3n) is 3.03. The molecule has 2 rings (SSSR count). The van der Waals surface area contributed by atoms with Crippen LogP contribution in [0.2, 0.25) is 5.02 Å². The van der Waals surface area contributed by atoms with Gasteiger partial charge in [0.05, 0.1) is 27.9 Å². The van der Waals surface area contributed by atoms with E-state index in [0.717, 1.165) is 0 Å². The molecule has 2 N–H and O–H groups in total. The number of aromatic amines is 1. The molecule has 0 saturated heterocycles. The zero-order valence-electron chi connectivity index (χ0n) is 12.3. The van der Waals surface area contributed by atoms with Crippen LogP contribution >= 0.6 is 11.6 Å². The van der Waals surface area contributed by atoms with E-state index in [1.165, 1.54) is 11.0 Å². The number of carbonyl (C=O) groups is 1. The zero-order chi connectivity index (χ0) is 16.4. The van der Waals surface area contributed by atoms with Gasteiger partial charge in [0.25, 0.3) is 0 Å². The van der Waals surface area contributed by atoms with Gasteiger partial charge in [-0.15, -0.1) is 0 Å². The summed E-state index contributed by atoms with van der Waals surface area (Å²) in [5.74, 6) is 0.0356. The number of aromatic hydroxyl groups is 1. The Morgan fingerprint density at radius 2 is 2.14 bits per heavy atom. The number of nitrogens with one attached hydrogen (secondary N) is 1. The maximum Gasteiger partial charge on any atom is 0.414 e. The molecule has 0 unspecified atom stereocenters. The van der Waals surface area contributed by atoms with Gasteiger partial charge in [0, 0.05) is 19.7 Å². The van der Waals surface area contributed by atoms with E-state index in [-0.39, 0.29) is 22.2 Å². The Balaban J connectivity index is 2.56. The largest absolute Gasteiger partial charge is 0.494 e. The van der Waals surface area contributed by atoms with Gasteiger partial charge in [0.15, 0.2) is 5.75 Å². The first-order valence-electron chi connectivity index (χ1n) is 6.35. The molecular formula is C15H14ClN3O3. The van der Waals surface area contributed by atoms with E-state index in [0.29, 0.717) is 16.8 Å². The standard InChI is InChI=1S/C15H14ClN3O3/c1-8-13(22-15(21)19(2)3)12(14(20)18-8)10-5-4-9(7-17)6-11(10)16/h4-6,18,20H,1-3H3. The fraction of sp³-hybridized carbons (Fsp3) is 0.200. The van der Waals surface area contributed by atoms with E-state index in [4.69, 9.17) is 21.6 Å². The Labute approximate surface area is 132 Å². The molecule has 0 bridgehead atoms. The van der Waals surface area contributed by atoms with Gasteiger partial charge >= 0.3 is 6.09 Å². The second-order valence-corrected chi connectivity index (χ2v) is 5.28. The van der Waals surface area contributed by atoms with Gasteiger partial charge in [-0.2, -0.15) is 5.26 Å². The molecule has 0 aliphatic carbocycles. The number of aryl methyl sites for hydroxylation is 1. The molecule has 1 aromatic carbocycles. The predicted octanol–water partition coefficient (Wildman–Crippen LogP) is 3.28. The Morgan fingerprint density at radius 1 is 1.45 bits per heavy atom. The number of nitriles is 1. The molecule has 1 amide bonds. The van der Waals surface area contributed by atoms with E-state index in [1.807, 2.05) is 6.07 Å². The quantitative estimate of drug-likeness (QED) is 0.889. The number of hydrogen-bond acceptors (Lipinski definition) is 4. The van der Waals surface area contributed by atoms with Gasteiger partial charge < -0.3 is 19.7 Å². The number of hydrogen-bond donors (Lipinski definition) is 2. The number of carbonyl (C=O) groups excluding carboxylic acids is 1. The molecule has 2 aromatic rings. The fourth-order valence-electron chi connectivity index (χ4n) is 1.94. The summed E-state index contributed by atoms with van der Waals surface area (Å²) >= 11 is 6.17. The Hall–Kier alpha value is -2.65. The van der Waals surface area contributed by atoms with Gasteiger partial charge in [-0.1, -0.05) is 17.7 Å². The molecule has 0 aliphatic heterocycles. The molecular weight excluding hydrogens is 306 g/mol. The minimum Gasteiger partial charge on any atom is -0.494 e. The molecule has 0 fully saturated rings. The molecule has 22 heavy (non-hydrogen) atoms. The minimum atomic E-state index is -0.576. The van der Waals surface area contributed by atoms with Crippen LogP contribution in [-0.2, 0) is 0 Å². The van der Waals surface area contributed by atoms with Crippen molar-refractivity contribution in [1.82, 2.24) is 9.88 Å². The van der Waals surface area contributed by atoms with Crippen molar-refractivity contribution >= 4 is 17.7 Å². The van der Waals surface area contributed by atoms with Crippen molar-refractivity contribution in [3.63, 3.8) is 0 Å². The average Bonchev–Trinajstić information content (AvgIpc) is 2.73. The first kappa shape index (κ1) is 15.7. The molecule has 0 spiro atoms. The Bertz CT molecular complexity index is 775. The van der Waals surface area contributed by atoms with Crippen LogP contribution in [0.3, 0.4) is 0 Å². The topological polar surface area (TPSA) is 89.3 Å². The highest BCUT2D eigenvalue weighted by Crippen LogP contribution is 2.43. The van der Waals surface area contributed by atoms with Crippen LogP contribution < -0.4 is 4.74 Å². The minimum absolute atomic E-state index is 0.161. The van der Waals surface area contributed by atoms with Crippen LogP contribution in [0.5, 0.6) is 11.6 Å². The maximum atomic E-state index is 11.8. The number of halogens is 1. The molecule has 7 heteroatoms. The van der Waals surface area contributed by atoms with Crippen LogP contribution in [0, 0.1) is 18.3 Å². The lowest BCUT2D eigenvalue weighted by Crippen LogP contribution is -2.25. The fourth-order valence-corrected chi connectivity index (χ4v) is 2.21. The highest BCUT2D eigenvalue weighted by Gasteiger charge is 2.23. The molecule has 0 aliphatic rings. The van der Waals surface area contributed by atoms with Crippen molar-refractivity contribution in [2.75, 3.05) is 14.1 Å².